The molecule has 0 N–H and O–H groups in total. The number of hydrogen-bond acceptors (Lipinski definition) is 0. The van der Waals surface area contributed by atoms with E-state index in [9.17, 15) is 0 Å². The lowest BCUT2D eigenvalue weighted by Gasteiger charge is -2.18. The summed E-state index contributed by atoms with van der Waals surface area (Å²) in [5.74, 6) is 0. The summed E-state index contributed by atoms with van der Waals surface area (Å²) in [5, 5.41) is 7.64. The molecule has 38 heavy (non-hydrogen) atoms. The fraction of sp³-hybridized carbons (Fsp3) is 0. The van der Waals surface area contributed by atoms with Gasteiger partial charge in [0.25, 0.3) is 0 Å². The van der Waals surface area contributed by atoms with Crippen LogP contribution in [0.3, 0.4) is 0 Å². The third-order valence-corrected chi connectivity index (χ3v) is 7.41. The maximum absolute atomic E-state index is 2.33. The van der Waals surface area contributed by atoms with Crippen molar-refractivity contribution in [3.63, 3.8) is 0 Å². The molecule has 0 saturated heterocycles. The Morgan fingerprint density at radius 3 is 1.47 bits per heavy atom. The van der Waals surface area contributed by atoms with Crippen LogP contribution in [0.5, 0.6) is 0 Å². The van der Waals surface area contributed by atoms with Crippen LogP contribution in [0.4, 0.5) is 0 Å². The molecule has 0 saturated carbocycles. The SMILES string of the molecule is C(=Cc1cccc(-c2c3ccccc3c(-c3ccc4ccccc4c3)c3ccccc23)c1)c1ccccc1. The molecule has 0 amide bonds. The van der Waals surface area contributed by atoms with E-state index in [-0.39, 0.29) is 0 Å². The largest absolute Gasteiger partial charge is 0.0622 e. The van der Waals surface area contributed by atoms with Crippen molar-refractivity contribution in [2.75, 3.05) is 0 Å². The van der Waals surface area contributed by atoms with Gasteiger partial charge in [0.2, 0.25) is 0 Å². The third kappa shape index (κ3) is 3.97. The Morgan fingerprint density at radius 2 is 0.816 bits per heavy atom. The highest BCUT2D eigenvalue weighted by molar-refractivity contribution is 6.21. The van der Waals surface area contributed by atoms with Gasteiger partial charge in [-0.3, -0.25) is 0 Å². The molecule has 0 unspecified atom stereocenters. The van der Waals surface area contributed by atoms with Gasteiger partial charge in [-0.25, -0.2) is 0 Å². The standard InChI is InChI=1S/C38H26/c1-2-11-27(12-3-1)21-22-28-13-10-16-31(25-28)37-33-17-6-8-19-35(33)38(36-20-9-7-18-34(36)37)32-24-23-29-14-4-5-15-30(29)26-32/h1-26H. The molecule has 7 aromatic rings. The van der Waals surface area contributed by atoms with E-state index >= 15 is 0 Å². The van der Waals surface area contributed by atoms with Crippen LogP contribution in [-0.2, 0) is 0 Å². The molecule has 7 rings (SSSR count). The van der Waals surface area contributed by atoms with Gasteiger partial charge in [-0.2, -0.15) is 0 Å². The van der Waals surface area contributed by atoms with E-state index in [0.717, 1.165) is 0 Å². The number of benzene rings is 7. The molecule has 0 aliphatic heterocycles. The van der Waals surface area contributed by atoms with Crippen molar-refractivity contribution in [3.05, 3.63) is 157 Å². The number of fused-ring (bicyclic) bond motifs is 3. The maximum atomic E-state index is 2.33. The average molecular weight is 483 g/mol. The predicted molar refractivity (Wildman–Crippen MR) is 165 cm³/mol. The Labute approximate surface area is 223 Å². The van der Waals surface area contributed by atoms with Gasteiger partial charge in [0, 0.05) is 0 Å². The van der Waals surface area contributed by atoms with E-state index in [1.54, 1.807) is 0 Å². The van der Waals surface area contributed by atoms with Crippen molar-refractivity contribution >= 4 is 44.5 Å². The molecule has 0 atom stereocenters. The molecule has 178 valence electrons. The van der Waals surface area contributed by atoms with Crippen molar-refractivity contribution < 1.29 is 0 Å². The van der Waals surface area contributed by atoms with E-state index in [0.29, 0.717) is 0 Å². The molecule has 0 aromatic heterocycles. The second kappa shape index (κ2) is 9.50. The summed E-state index contributed by atoms with van der Waals surface area (Å²) in [7, 11) is 0. The minimum Gasteiger partial charge on any atom is -0.0622 e. The van der Waals surface area contributed by atoms with Crippen molar-refractivity contribution in [2.24, 2.45) is 0 Å². The first kappa shape index (κ1) is 22.3. The first-order chi connectivity index (χ1) is 18.8. The quantitative estimate of drug-likeness (QED) is 0.173. The van der Waals surface area contributed by atoms with Crippen LogP contribution >= 0.6 is 0 Å². The molecule has 0 nitrogen and oxygen atoms in total. The summed E-state index contributed by atoms with van der Waals surface area (Å²) in [5.41, 5.74) is 7.47. The van der Waals surface area contributed by atoms with Crippen LogP contribution < -0.4 is 0 Å². The average Bonchev–Trinajstić information content (AvgIpc) is 2.99. The molecular weight excluding hydrogens is 456 g/mol. The first-order valence-corrected chi connectivity index (χ1v) is 13.1. The van der Waals surface area contributed by atoms with Crippen LogP contribution in [-0.4, -0.2) is 0 Å². The van der Waals surface area contributed by atoms with Crippen LogP contribution in [0.15, 0.2) is 146 Å². The molecule has 0 aliphatic carbocycles. The lowest BCUT2D eigenvalue weighted by atomic mass is 9.85. The lowest BCUT2D eigenvalue weighted by Crippen LogP contribution is -1.91. The molecule has 0 heterocycles. The van der Waals surface area contributed by atoms with E-state index in [1.165, 1.54) is 65.7 Å². The van der Waals surface area contributed by atoms with Gasteiger partial charge in [-0.05, 0) is 77.8 Å². The predicted octanol–water partition coefficient (Wildman–Crippen LogP) is 10.7. The minimum absolute atomic E-state index is 1.19. The summed E-state index contributed by atoms with van der Waals surface area (Å²) in [4.78, 5) is 0. The summed E-state index contributed by atoms with van der Waals surface area (Å²) in [6.07, 6.45) is 4.38. The zero-order valence-electron chi connectivity index (χ0n) is 21.0. The van der Waals surface area contributed by atoms with Crippen LogP contribution in [0.25, 0.3) is 66.7 Å². The van der Waals surface area contributed by atoms with E-state index in [1.807, 2.05) is 0 Å². The van der Waals surface area contributed by atoms with Gasteiger partial charge < -0.3 is 0 Å². The van der Waals surface area contributed by atoms with Crippen molar-refractivity contribution in [2.45, 2.75) is 0 Å². The van der Waals surface area contributed by atoms with Gasteiger partial charge in [-0.1, -0.05) is 146 Å². The topological polar surface area (TPSA) is 0 Å². The molecule has 0 bridgehead atoms. The van der Waals surface area contributed by atoms with Crippen molar-refractivity contribution in [1.29, 1.82) is 0 Å². The Bertz CT molecular complexity index is 1900. The number of hydrogen-bond donors (Lipinski definition) is 0. The van der Waals surface area contributed by atoms with E-state index in [4.69, 9.17) is 0 Å². The molecule has 7 aromatic carbocycles. The van der Waals surface area contributed by atoms with Crippen LogP contribution in [0.2, 0.25) is 0 Å². The molecule has 0 heteroatoms. The zero-order chi connectivity index (χ0) is 25.3. The van der Waals surface area contributed by atoms with Gasteiger partial charge in [0.15, 0.2) is 0 Å². The van der Waals surface area contributed by atoms with Crippen molar-refractivity contribution in [3.8, 4) is 22.3 Å². The fourth-order valence-corrected chi connectivity index (χ4v) is 5.65. The second-order valence-corrected chi connectivity index (χ2v) is 9.77. The smallest absolute Gasteiger partial charge is 0.00262 e. The molecular formula is C38H26. The second-order valence-electron chi connectivity index (χ2n) is 9.77. The highest BCUT2D eigenvalue weighted by Gasteiger charge is 2.16. The van der Waals surface area contributed by atoms with Gasteiger partial charge in [-0.15, -0.1) is 0 Å². The summed E-state index contributed by atoms with van der Waals surface area (Å²) >= 11 is 0. The molecule has 0 fully saturated rings. The summed E-state index contributed by atoms with van der Waals surface area (Å²) in [6, 6.07) is 52.5. The molecule has 0 radical (unpaired) electrons. The Balaban J connectivity index is 1.47. The highest BCUT2D eigenvalue weighted by atomic mass is 14.2. The van der Waals surface area contributed by atoms with Crippen LogP contribution in [0, 0.1) is 0 Å². The zero-order valence-corrected chi connectivity index (χ0v) is 21.0. The van der Waals surface area contributed by atoms with Gasteiger partial charge >= 0.3 is 0 Å². The normalized spacial score (nSPS) is 11.6. The lowest BCUT2D eigenvalue weighted by molar-refractivity contribution is 1.63. The van der Waals surface area contributed by atoms with E-state index in [2.05, 4.69) is 158 Å². The minimum atomic E-state index is 1.19. The maximum Gasteiger partial charge on any atom is -0.00262 e. The highest BCUT2D eigenvalue weighted by Crippen LogP contribution is 2.44. The third-order valence-electron chi connectivity index (χ3n) is 7.41. The Kier molecular flexibility index (Phi) is 5.57. The van der Waals surface area contributed by atoms with E-state index < -0.39 is 0 Å². The van der Waals surface area contributed by atoms with Crippen molar-refractivity contribution in [1.82, 2.24) is 0 Å². The fourth-order valence-electron chi connectivity index (χ4n) is 5.65. The van der Waals surface area contributed by atoms with Crippen LogP contribution in [0.1, 0.15) is 11.1 Å². The first-order valence-electron chi connectivity index (χ1n) is 13.1. The number of rotatable bonds is 4. The van der Waals surface area contributed by atoms with Gasteiger partial charge in [0.05, 0.1) is 0 Å². The van der Waals surface area contributed by atoms with Gasteiger partial charge in [0.1, 0.15) is 0 Å². The molecule has 0 aliphatic rings. The summed E-state index contributed by atoms with van der Waals surface area (Å²) in [6.45, 7) is 0. The Morgan fingerprint density at radius 1 is 0.316 bits per heavy atom. The monoisotopic (exact) mass is 482 g/mol. The Hall–Kier alpha value is -4.94. The molecule has 0 spiro atoms. The summed E-state index contributed by atoms with van der Waals surface area (Å²) < 4.78 is 0.